The maximum Gasteiger partial charge on any atom is 0.269 e. The number of nitro groups is 1. The molecule has 18 heavy (non-hydrogen) atoms. The van der Waals surface area contributed by atoms with Crippen LogP contribution in [0.2, 0.25) is 0 Å². The van der Waals surface area contributed by atoms with Crippen LogP contribution in [0.4, 0.5) is 5.69 Å². The summed E-state index contributed by atoms with van der Waals surface area (Å²) < 4.78 is 0. The lowest BCUT2D eigenvalue weighted by Crippen LogP contribution is -1.90. The first-order valence-corrected chi connectivity index (χ1v) is 5.54. The van der Waals surface area contributed by atoms with Gasteiger partial charge in [0.1, 0.15) is 5.75 Å². The molecule has 2 aromatic rings. The molecule has 0 aliphatic rings. The van der Waals surface area contributed by atoms with Gasteiger partial charge in [0.15, 0.2) is 0 Å². The van der Waals surface area contributed by atoms with Gasteiger partial charge in [-0.1, -0.05) is 12.1 Å². The molecule has 0 atom stereocenters. The largest absolute Gasteiger partial charge is 0.507 e. The van der Waals surface area contributed by atoms with Crippen molar-refractivity contribution in [3.05, 3.63) is 57.6 Å². The maximum atomic E-state index is 10.6. The fraction of sp³-hybridized carbons (Fsp3) is 0.143. The Morgan fingerprint density at radius 2 is 1.56 bits per heavy atom. The molecule has 4 nitrogen and oxygen atoms in total. The Bertz CT molecular complexity index is 603. The minimum absolute atomic E-state index is 0.0449. The zero-order valence-electron chi connectivity index (χ0n) is 10.2. The molecule has 0 fully saturated rings. The average molecular weight is 243 g/mol. The Hall–Kier alpha value is -2.36. The quantitative estimate of drug-likeness (QED) is 0.647. The molecule has 0 aromatic heterocycles. The van der Waals surface area contributed by atoms with Gasteiger partial charge >= 0.3 is 0 Å². The number of rotatable bonds is 2. The summed E-state index contributed by atoms with van der Waals surface area (Å²) >= 11 is 0. The fourth-order valence-electron chi connectivity index (χ4n) is 1.91. The zero-order valence-corrected chi connectivity index (χ0v) is 10.2. The lowest BCUT2D eigenvalue weighted by Gasteiger charge is -2.10. The Labute approximate surface area is 105 Å². The van der Waals surface area contributed by atoms with Crippen molar-refractivity contribution in [1.82, 2.24) is 0 Å². The van der Waals surface area contributed by atoms with Crippen LogP contribution in [0.25, 0.3) is 11.1 Å². The van der Waals surface area contributed by atoms with Crippen molar-refractivity contribution in [2.24, 2.45) is 0 Å². The summed E-state index contributed by atoms with van der Waals surface area (Å²) in [6, 6.07) is 9.96. The maximum absolute atomic E-state index is 10.6. The van der Waals surface area contributed by atoms with Crippen LogP contribution in [-0.4, -0.2) is 10.0 Å². The number of phenols is 1. The Morgan fingerprint density at radius 3 is 2.11 bits per heavy atom. The van der Waals surface area contributed by atoms with Gasteiger partial charge in [0.05, 0.1) is 4.92 Å². The molecule has 0 unspecified atom stereocenters. The number of hydrogen-bond acceptors (Lipinski definition) is 3. The van der Waals surface area contributed by atoms with Crippen molar-refractivity contribution in [3.63, 3.8) is 0 Å². The van der Waals surface area contributed by atoms with E-state index >= 15 is 0 Å². The van der Waals surface area contributed by atoms with E-state index in [1.165, 1.54) is 12.1 Å². The molecule has 0 saturated carbocycles. The second-order valence-corrected chi connectivity index (χ2v) is 4.23. The molecular formula is C14H13NO3. The van der Waals surface area contributed by atoms with Crippen LogP contribution in [0.5, 0.6) is 5.75 Å². The van der Waals surface area contributed by atoms with E-state index in [0.717, 1.165) is 22.3 Å². The van der Waals surface area contributed by atoms with Crippen molar-refractivity contribution >= 4 is 5.69 Å². The third-order valence-electron chi connectivity index (χ3n) is 2.95. The number of nitro benzene ring substituents is 1. The number of hydrogen-bond donors (Lipinski definition) is 1. The van der Waals surface area contributed by atoms with Gasteiger partial charge in [-0.2, -0.15) is 0 Å². The highest BCUT2D eigenvalue weighted by molar-refractivity contribution is 5.75. The predicted octanol–water partition coefficient (Wildman–Crippen LogP) is 3.58. The highest BCUT2D eigenvalue weighted by Gasteiger charge is 2.11. The summed E-state index contributed by atoms with van der Waals surface area (Å²) in [7, 11) is 0. The molecule has 0 amide bonds. The number of phenolic OH excluding ortho intramolecular Hbond substituents is 1. The average Bonchev–Trinajstić information content (AvgIpc) is 2.35. The van der Waals surface area contributed by atoms with E-state index in [2.05, 4.69) is 0 Å². The monoisotopic (exact) mass is 243 g/mol. The summed E-state index contributed by atoms with van der Waals surface area (Å²) in [4.78, 5) is 10.2. The number of aryl methyl sites for hydroxylation is 2. The van der Waals surface area contributed by atoms with Crippen LogP contribution < -0.4 is 0 Å². The third kappa shape index (κ3) is 2.05. The van der Waals surface area contributed by atoms with Crippen LogP contribution >= 0.6 is 0 Å². The van der Waals surface area contributed by atoms with Crippen molar-refractivity contribution in [2.45, 2.75) is 13.8 Å². The highest BCUT2D eigenvalue weighted by atomic mass is 16.6. The van der Waals surface area contributed by atoms with Gasteiger partial charge in [0.2, 0.25) is 0 Å². The third-order valence-corrected chi connectivity index (χ3v) is 2.95. The molecule has 92 valence electrons. The molecule has 0 spiro atoms. The summed E-state index contributed by atoms with van der Waals surface area (Å²) in [6.07, 6.45) is 0. The standard InChI is InChI=1S/C14H13NO3/c1-9-3-4-10(2)14(16)13(9)11-5-7-12(8-6-11)15(17)18/h3-8,16H,1-2H3. The summed E-state index contributed by atoms with van der Waals surface area (Å²) in [5.41, 5.74) is 3.27. The predicted molar refractivity (Wildman–Crippen MR) is 69.7 cm³/mol. The van der Waals surface area contributed by atoms with E-state index in [-0.39, 0.29) is 11.4 Å². The van der Waals surface area contributed by atoms with Gasteiger partial charge in [-0.05, 0) is 42.7 Å². The first-order valence-electron chi connectivity index (χ1n) is 5.54. The second-order valence-electron chi connectivity index (χ2n) is 4.23. The molecule has 1 N–H and O–H groups in total. The van der Waals surface area contributed by atoms with Crippen LogP contribution in [0.3, 0.4) is 0 Å². The minimum Gasteiger partial charge on any atom is -0.507 e. The first kappa shape index (κ1) is 12.1. The van der Waals surface area contributed by atoms with Crippen LogP contribution in [0, 0.1) is 24.0 Å². The molecule has 0 bridgehead atoms. The van der Waals surface area contributed by atoms with Crippen molar-refractivity contribution in [3.8, 4) is 16.9 Å². The lowest BCUT2D eigenvalue weighted by atomic mass is 9.97. The molecule has 2 aromatic carbocycles. The first-order chi connectivity index (χ1) is 8.50. The van der Waals surface area contributed by atoms with Gasteiger partial charge in [-0.15, -0.1) is 0 Å². The van der Waals surface area contributed by atoms with Crippen molar-refractivity contribution in [1.29, 1.82) is 0 Å². The minimum atomic E-state index is -0.438. The fourth-order valence-corrected chi connectivity index (χ4v) is 1.91. The van der Waals surface area contributed by atoms with E-state index in [1.54, 1.807) is 12.1 Å². The topological polar surface area (TPSA) is 63.4 Å². The molecule has 0 saturated heterocycles. The number of non-ortho nitro benzene ring substituents is 1. The van der Waals surface area contributed by atoms with Crippen molar-refractivity contribution < 1.29 is 10.0 Å². The van der Waals surface area contributed by atoms with E-state index in [1.807, 2.05) is 26.0 Å². The van der Waals surface area contributed by atoms with Crippen LogP contribution in [-0.2, 0) is 0 Å². The van der Waals surface area contributed by atoms with E-state index in [4.69, 9.17) is 0 Å². The van der Waals surface area contributed by atoms with Crippen LogP contribution in [0.1, 0.15) is 11.1 Å². The van der Waals surface area contributed by atoms with Gasteiger partial charge < -0.3 is 5.11 Å². The Morgan fingerprint density at radius 1 is 1.00 bits per heavy atom. The second kappa shape index (κ2) is 4.49. The van der Waals surface area contributed by atoms with Gasteiger partial charge in [0, 0.05) is 17.7 Å². The molecular weight excluding hydrogens is 230 g/mol. The number of aromatic hydroxyl groups is 1. The molecule has 0 heterocycles. The van der Waals surface area contributed by atoms with E-state index in [9.17, 15) is 15.2 Å². The summed E-state index contributed by atoms with van der Waals surface area (Å²) in [6.45, 7) is 3.72. The molecule has 4 heteroatoms. The van der Waals surface area contributed by atoms with E-state index in [0.29, 0.717) is 0 Å². The van der Waals surface area contributed by atoms with Gasteiger partial charge in [0.25, 0.3) is 5.69 Å². The van der Waals surface area contributed by atoms with Crippen LogP contribution in [0.15, 0.2) is 36.4 Å². The van der Waals surface area contributed by atoms with E-state index < -0.39 is 4.92 Å². The summed E-state index contributed by atoms with van der Waals surface area (Å²) in [5.74, 6) is 0.226. The molecule has 0 radical (unpaired) electrons. The number of benzene rings is 2. The molecule has 0 aliphatic carbocycles. The normalized spacial score (nSPS) is 10.3. The summed E-state index contributed by atoms with van der Waals surface area (Å²) in [5, 5.41) is 20.7. The van der Waals surface area contributed by atoms with Gasteiger partial charge in [-0.25, -0.2) is 0 Å². The Kier molecular flexibility index (Phi) is 3.02. The SMILES string of the molecule is Cc1ccc(C)c(-c2ccc([N+](=O)[O-])cc2)c1O. The van der Waals surface area contributed by atoms with Crippen molar-refractivity contribution in [2.75, 3.05) is 0 Å². The lowest BCUT2D eigenvalue weighted by molar-refractivity contribution is -0.384. The zero-order chi connectivity index (χ0) is 13.3. The smallest absolute Gasteiger partial charge is 0.269 e. The Balaban J connectivity index is 2.55. The molecule has 2 rings (SSSR count). The molecule has 0 aliphatic heterocycles. The van der Waals surface area contributed by atoms with Gasteiger partial charge in [-0.3, -0.25) is 10.1 Å². The number of nitrogens with zero attached hydrogens (tertiary/aromatic N) is 1. The highest BCUT2D eigenvalue weighted by Crippen LogP contribution is 2.35.